The van der Waals surface area contributed by atoms with E-state index in [9.17, 15) is 19.1 Å². The van der Waals surface area contributed by atoms with Crippen LogP contribution in [0, 0.1) is 34.4 Å². The van der Waals surface area contributed by atoms with Gasteiger partial charge in [0.15, 0.2) is 11.2 Å². The Labute approximate surface area is 298 Å². The molecule has 3 heterocycles. The van der Waals surface area contributed by atoms with Crippen LogP contribution in [0.1, 0.15) is 73.7 Å². The Morgan fingerprint density at radius 1 is 1.10 bits per heavy atom. The van der Waals surface area contributed by atoms with Crippen LogP contribution in [-0.4, -0.2) is 42.7 Å². The first-order valence-electron chi connectivity index (χ1n) is 17.6. The highest BCUT2D eigenvalue weighted by molar-refractivity contribution is 8.13. The van der Waals surface area contributed by atoms with Gasteiger partial charge in [-0.15, -0.1) is 0 Å². The van der Waals surface area contributed by atoms with E-state index in [0.717, 1.165) is 48.0 Å². The monoisotopic (exact) mass is 707 g/mol. The fraction of sp³-hybridized carbons (Fsp3) is 0.400. The van der Waals surface area contributed by atoms with Gasteiger partial charge in [0.25, 0.3) is 0 Å². The van der Waals surface area contributed by atoms with Crippen molar-refractivity contribution >= 4 is 40.0 Å². The van der Waals surface area contributed by atoms with Crippen LogP contribution in [0.4, 0.5) is 4.39 Å². The Balaban J connectivity index is 1.03. The van der Waals surface area contributed by atoms with E-state index in [0.29, 0.717) is 36.3 Å². The molecule has 0 saturated heterocycles. The van der Waals surface area contributed by atoms with Crippen molar-refractivity contribution in [2.75, 3.05) is 0 Å². The van der Waals surface area contributed by atoms with Gasteiger partial charge in [-0.2, -0.15) is 5.10 Å². The molecule has 0 amide bonds. The number of halogens is 1. The summed E-state index contributed by atoms with van der Waals surface area (Å²) in [6.07, 6.45) is 8.53. The van der Waals surface area contributed by atoms with Gasteiger partial charge in [-0.1, -0.05) is 43.3 Å². The SMILES string of the molecule is CC12Cc3cnn(-c4ccc(F)cc4)c3C=C1CCC1C2C(O)CC2(C)C1CCC2(OC(=O)c1ccco1)C(=O)SCc1nc2ccccc2o1. The Hall–Kier alpha value is -4.48. The van der Waals surface area contributed by atoms with Crippen molar-refractivity contribution in [3.8, 4) is 5.69 Å². The molecule has 11 heteroatoms. The maximum Gasteiger partial charge on any atom is 0.375 e. The number of aliphatic hydroxyl groups excluding tert-OH is 1. The smallest absolute Gasteiger partial charge is 0.375 e. The minimum atomic E-state index is -1.49. The van der Waals surface area contributed by atoms with Crippen molar-refractivity contribution < 1.29 is 32.7 Å². The summed E-state index contributed by atoms with van der Waals surface area (Å²) in [7, 11) is 0. The highest BCUT2D eigenvalue weighted by atomic mass is 32.2. The zero-order valence-corrected chi connectivity index (χ0v) is 29.2. The largest absolute Gasteiger partial charge is 0.457 e. The molecule has 5 aromatic rings. The molecule has 0 aliphatic heterocycles. The number of fused-ring (bicyclic) bond motifs is 7. The van der Waals surface area contributed by atoms with Gasteiger partial charge < -0.3 is 18.7 Å². The zero-order chi connectivity index (χ0) is 35.1. The average molecular weight is 708 g/mol. The molecule has 3 saturated carbocycles. The van der Waals surface area contributed by atoms with Gasteiger partial charge in [-0.3, -0.25) is 4.79 Å². The number of ether oxygens (including phenoxy) is 1. The third kappa shape index (κ3) is 4.91. The first-order chi connectivity index (χ1) is 24.6. The standard InChI is InChI=1S/C40H38FN3O6S/c1-38-19-23-21-42-44(26-12-10-25(41)11-13-26)30(23)18-24(38)9-14-27-28-15-16-40(39(28,2)20-31(45)35(27)38,50-36(46)33-8-5-17-48-33)37(47)51-22-34-43-29-6-3-4-7-32(29)49-34/h3-8,10-13,17-18,21,27-28,31,35,45H,9,14-16,19-20,22H2,1-2H3. The zero-order valence-electron chi connectivity index (χ0n) is 28.4. The van der Waals surface area contributed by atoms with Gasteiger partial charge >= 0.3 is 5.97 Å². The van der Waals surface area contributed by atoms with Gasteiger partial charge in [0.05, 0.1) is 35.7 Å². The van der Waals surface area contributed by atoms with E-state index in [2.05, 4.69) is 18.0 Å². The predicted molar refractivity (Wildman–Crippen MR) is 188 cm³/mol. The van der Waals surface area contributed by atoms with Crippen LogP contribution >= 0.6 is 11.8 Å². The summed E-state index contributed by atoms with van der Waals surface area (Å²) in [5.41, 5.74) is 2.88. The van der Waals surface area contributed by atoms with E-state index in [1.807, 2.05) is 42.1 Å². The van der Waals surface area contributed by atoms with E-state index in [4.69, 9.17) is 18.7 Å². The lowest BCUT2D eigenvalue weighted by Crippen LogP contribution is -2.62. The van der Waals surface area contributed by atoms with Crippen LogP contribution in [0.15, 0.2) is 87.5 Å². The lowest BCUT2D eigenvalue weighted by atomic mass is 9.45. The van der Waals surface area contributed by atoms with Crippen LogP contribution in [0.3, 0.4) is 0 Å². The van der Waals surface area contributed by atoms with Gasteiger partial charge in [0, 0.05) is 5.41 Å². The number of aromatic nitrogens is 3. The number of hydrogen-bond acceptors (Lipinski definition) is 9. The van der Waals surface area contributed by atoms with Crippen molar-refractivity contribution in [3.63, 3.8) is 0 Å². The molecule has 4 aliphatic carbocycles. The van der Waals surface area contributed by atoms with Crippen molar-refractivity contribution in [3.05, 3.63) is 107 Å². The second-order valence-corrected chi connectivity index (χ2v) is 16.1. The number of oxazole rings is 1. The third-order valence-corrected chi connectivity index (χ3v) is 13.6. The fourth-order valence-corrected chi connectivity index (χ4v) is 11.3. The van der Waals surface area contributed by atoms with Gasteiger partial charge in [0.1, 0.15) is 11.3 Å². The highest BCUT2D eigenvalue weighted by Crippen LogP contribution is 2.69. The first-order valence-corrected chi connectivity index (χ1v) is 18.6. The normalized spacial score (nSPS) is 30.9. The molecule has 2 aromatic carbocycles. The van der Waals surface area contributed by atoms with E-state index >= 15 is 0 Å². The first kappa shape index (κ1) is 32.4. The van der Waals surface area contributed by atoms with E-state index in [1.165, 1.54) is 30.0 Å². The maximum atomic E-state index is 14.6. The maximum absolute atomic E-state index is 14.6. The van der Waals surface area contributed by atoms with Crippen LogP contribution in [0.5, 0.6) is 0 Å². The Morgan fingerprint density at radius 2 is 1.92 bits per heavy atom. The minimum Gasteiger partial charge on any atom is -0.457 e. The Morgan fingerprint density at radius 3 is 2.71 bits per heavy atom. The van der Waals surface area contributed by atoms with Gasteiger partial charge in [-0.05, 0) is 122 Å². The number of esters is 1. The third-order valence-electron chi connectivity index (χ3n) is 12.6. The van der Waals surface area contributed by atoms with Crippen molar-refractivity contribution in [1.82, 2.24) is 14.8 Å². The number of carbonyl (C=O) groups is 2. The Kier molecular flexibility index (Phi) is 7.49. The second-order valence-electron chi connectivity index (χ2n) is 15.1. The van der Waals surface area contributed by atoms with E-state index in [-0.39, 0.29) is 45.6 Å². The fourth-order valence-electron chi connectivity index (χ4n) is 10.3. The van der Waals surface area contributed by atoms with E-state index < -0.39 is 23.1 Å². The molecule has 51 heavy (non-hydrogen) atoms. The van der Waals surface area contributed by atoms with Gasteiger partial charge in [0.2, 0.25) is 16.8 Å². The molecule has 4 aliphatic rings. The molecule has 9 rings (SSSR count). The minimum absolute atomic E-state index is 0.0332. The topological polar surface area (TPSA) is 121 Å². The average Bonchev–Trinajstić information content (AvgIpc) is 3.92. The molecule has 9 nitrogen and oxygen atoms in total. The van der Waals surface area contributed by atoms with Crippen molar-refractivity contribution in [2.24, 2.45) is 28.6 Å². The van der Waals surface area contributed by atoms with Crippen molar-refractivity contribution in [1.29, 1.82) is 0 Å². The van der Waals surface area contributed by atoms with E-state index in [1.54, 1.807) is 18.2 Å². The summed E-state index contributed by atoms with van der Waals surface area (Å²) in [5.74, 6) is -0.263. The predicted octanol–water partition coefficient (Wildman–Crippen LogP) is 7.95. The number of nitrogens with zero attached hydrogens (tertiary/aromatic N) is 3. The summed E-state index contributed by atoms with van der Waals surface area (Å²) < 4.78 is 33.3. The number of aliphatic hydroxyl groups is 1. The number of allylic oxidation sites excluding steroid dienone is 1. The van der Waals surface area contributed by atoms with Gasteiger partial charge in [-0.25, -0.2) is 18.9 Å². The molecule has 0 bridgehead atoms. The highest BCUT2D eigenvalue weighted by Gasteiger charge is 2.71. The molecule has 3 fully saturated rings. The number of hydrogen-bond donors (Lipinski definition) is 1. The van der Waals surface area contributed by atoms with Crippen LogP contribution in [-0.2, 0) is 21.7 Å². The summed E-state index contributed by atoms with van der Waals surface area (Å²) in [4.78, 5) is 32.8. The number of thioether (sulfide) groups is 1. The van der Waals surface area contributed by atoms with Crippen LogP contribution in [0.2, 0.25) is 0 Å². The molecule has 7 unspecified atom stereocenters. The molecule has 3 aromatic heterocycles. The van der Waals surface area contributed by atoms with Crippen molar-refractivity contribution in [2.45, 2.75) is 69.8 Å². The molecule has 0 spiro atoms. The molecule has 262 valence electrons. The summed E-state index contributed by atoms with van der Waals surface area (Å²) in [6, 6.07) is 17.0. The molecular formula is C40H38FN3O6S. The quantitative estimate of drug-likeness (QED) is 0.175. The number of para-hydroxylation sites is 2. The number of rotatable bonds is 6. The second kappa shape index (κ2) is 11.8. The van der Waals surface area contributed by atoms with Crippen LogP contribution in [0.25, 0.3) is 22.9 Å². The number of furan rings is 1. The molecule has 1 N–H and O–H groups in total. The number of carbonyl (C=O) groups excluding carboxylic acids is 2. The molecular weight excluding hydrogens is 670 g/mol. The molecule has 0 radical (unpaired) electrons. The van der Waals surface area contributed by atoms with Crippen LogP contribution < -0.4 is 0 Å². The summed E-state index contributed by atoms with van der Waals surface area (Å²) in [5, 5.41) is 16.7. The summed E-state index contributed by atoms with van der Waals surface area (Å²) in [6.45, 7) is 4.30. The number of benzene rings is 2. The summed E-state index contributed by atoms with van der Waals surface area (Å²) >= 11 is 1.05. The molecule has 7 atom stereocenters. The lowest BCUT2D eigenvalue weighted by molar-refractivity contribution is -0.175. The lowest BCUT2D eigenvalue weighted by Gasteiger charge is -2.60. The Bertz CT molecular complexity index is 2160.